The molecule has 0 fully saturated rings. The van der Waals surface area contributed by atoms with Crippen LogP contribution in [0.5, 0.6) is 0 Å². The molecular formula is C42H75NO7. The Kier molecular flexibility index (Phi) is 32.0. The molecule has 0 rings (SSSR count). The van der Waals surface area contributed by atoms with Gasteiger partial charge in [-0.3, -0.25) is 9.59 Å². The van der Waals surface area contributed by atoms with Crippen molar-refractivity contribution < 1.29 is 38.2 Å². The molecule has 0 aliphatic rings. The monoisotopic (exact) mass is 706 g/mol. The first-order chi connectivity index (χ1) is 24.1. The number of rotatable bonds is 35. The fourth-order valence-corrected chi connectivity index (χ4v) is 5.67. The molecule has 0 N–H and O–H groups in total. The highest BCUT2D eigenvalue weighted by atomic mass is 16.6. The van der Waals surface area contributed by atoms with Crippen molar-refractivity contribution in [2.45, 2.75) is 174 Å². The van der Waals surface area contributed by atoms with Gasteiger partial charge in [-0.2, -0.15) is 0 Å². The van der Waals surface area contributed by atoms with Gasteiger partial charge in [-0.15, -0.1) is 0 Å². The smallest absolute Gasteiger partial charge is 0.306 e. The van der Waals surface area contributed by atoms with E-state index in [1.807, 2.05) is 0 Å². The van der Waals surface area contributed by atoms with E-state index in [1.54, 1.807) is 21.1 Å². The van der Waals surface area contributed by atoms with Crippen molar-refractivity contribution in [2.75, 3.05) is 41.0 Å². The number of esters is 2. The van der Waals surface area contributed by atoms with Crippen LogP contribution < -0.4 is 5.11 Å². The molecule has 290 valence electrons. The largest absolute Gasteiger partial charge is 0.544 e. The van der Waals surface area contributed by atoms with E-state index < -0.39 is 18.1 Å². The Morgan fingerprint density at radius 1 is 0.620 bits per heavy atom. The molecule has 0 heterocycles. The molecule has 8 heteroatoms. The van der Waals surface area contributed by atoms with Crippen LogP contribution in [0.4, 0.5) is 0 Å². The van der Waals surface area contributed by atoms with E-state index in [-0.39, 0.29) is 42.7 Å². The summed E-state index contributed by atoms with van der Waals surface area (Å²) in [6.45, 7) is 4.49. The summed E-state index contributed by atoms with van der Waals surface area (Å²) in [5, 5.41) is 11.6. The highest BCUT2D eigenvalue weighted by Gasteiger charge is 2.25. The molecule has 0 aliphatic heterocycles. The topological polar surface area (TPSA) is 102 Å². The summed E-state index contributed by atoms with van der Waals surface area (Å²) in [5.74, 6) is -1.75. The number of carboxylic acid groups (broad SMARTS) is 1. The average molecular weight is 706 g/mol. The summed E-state index contributed by atoms with van der Waals surface area (Å²) in [4.78, 5) is 36.6. The number of carbonyl (C=O) groups is 3. The van der Waals surface area contributed by atoms with Gasteiger partial charge in [-0.1, -0.05) is 134 Å². The van der Waals surface area contributed by atoms with Gasteiger partial charge in [0.05, 0.1) is 40.3 Å². The third-order valence-corrected chi connectivity index (χ3v) is 8.79. The van der Waals surface area contributed by atoms with Crippen LogP contribution in [0.25, 0.3) is 0 Å². The Morgan fingerprint density at radius 2 is 1.12 bits per heavy atom. The Hall–Kier alpha value is -2.45. The lowest BCUT2D eigenvalue weighted by atomic mass is 10.1. The number of allylic oxidation sites excluding steroid dienone is 6. The van der Waals surface area contributed by atoms with Crippen molar-refractivity contribution in [2.24, 2.45) is 0 Å². The molecule has 0 spiro atoms. The minimum Gasteiger partial charge on any atom is -0.544 e. The van der Waals surface area contributed by atoms with Crippen molar-refractivity contribution in [1.82, 2.24) is 0 Å². The molecule has 0 aromatic carbocycles. The van der Waals surface area contributed by atoms with E-state index in [1.165, 1.54) is 64.2 Å². The molecule has 0 amide bonds. The van der Waals surface area contributed by atoms with Crippen LogP contribution in [-0.4, -0.2) is 75.5 Å². The zero-order valence-corrected chi connectivity index (χ0v) is 32.8. The van der Waals surface area contributed by atoms with Crippen LogP contribution in [0.3, 0.4) is 0 Å². The quantitative estimate of drug-likeness (QED) is 0.0281. The first-order valence-corrected chi connectivity index (χ1v) is 20.0. The lowest BCUT2D eigenvalue weighted by Gasteiger charge is -2.34. The Morgan fingerprint density at radius 3 is 1.66 bits per heavy atom. The number of carboxylic acids is 1. The molecule has 50 heavy (non-hydrogen) atoms. The molecule has 0 bridgehead atoms. The fraction of sp³-hybridized carbons (Fsp3) is 0.786. The maximum absolute atomic E-state index is 12.6. The fourth-order valence-electron chi connectivity index (χ4n) is 5.67. The summed E-state index contributed by atoms with van der Waals surface area (Å²) >= 11 is 0. The normalized spacial score (nSPS) is 13.4. The summed E-state index contributed by atoms with van der Waals surface area (Å²) in [6.07, 6.45) is 36.1. The van der Waals surface area contributed by atoms with Crippen molar-refractivity contribution in [3.63, 3.8) is 0 Å². The second-order valence-electron chi connectivity index (χ2n) is 14.5. The Balaban J connectivity index is 4.28. The SMILES string of the molecule is CC/C=C/C/C=C/C/C=C/CCCCCCCCCCCC(=O)OC(COCCC(C(=O)[O-])[N+](C)(C)C)COC(=O)CCCCCCCCC. The van der Waals surface area contributed by atoms with Crippen molar-refractivity contribution in [1.29, 1.82) is 0 Å². The van der Waals surface area contributed by atoms with E-state index in [9.17, 15) is 19.5 Å². The highest BCUT2D eigenvalue weighted by molar-refractivity contribution is 5.70. The van der Waals surface area contributed by atoms with Crippen LogP contribution in [0.2, 0.25) is 0 Å². The predicted octanol–water partition coefficient (Wildman–Crippen LogP) is 8.96. The zero-order valence-electron chi connectivity index (χ0n) is 32.8. The predicted molar refractivity (Wildman–Crippen MR) is 203 cm³/mol. The van der Waals surface area contributed by atoms with Gasteiger partial charge in [0.2, 0.25) is 0 Å². The standard InChI is InChI=1S/C42H75NO7/c1-6-8-10-12-14-15-16-17-18-19-20-21-22-23-24-25-27-29-31-33-41(45)50-38(36-48-35-34-39(42(46)47)43(3,4)5)37-49-40(44)32-30-28-26-13-11-9-7-2/h8,10,14-15,17-18,38-39H,6-7,9,11-13,16,19-37H2,1-5H3/b10-8+,15-14+,18-17+. The second kappa shape index (κ2) is 33.7. The maximum atomic E-state index is 12.6. The Bertz CT molecular complexity index is 922. The van der Waals surface area contributed by atoms with Crippen LogP contribution in [0.15, 0.2) is 36.5 Å². The zero-order chi connectivity index (χ0) is 37.1. The highest BCUT2D eigenvalue weighted by Crippen LogP contribution is 2.14. The van der Waals surface area contributed by atoms with E-state index in [0.717, 1.165) is 64.2 Å². The number of likely N-dealkylation sites (N-methyl/N-ethyl adjacent to an activating group) is 1. The molecule has 0 aliphatic carbocycles. The van der Waals surface area contributed by atoms with Gasteiger partial charge in [-0.05, 0) is 44.9 Å². The van der Waals surface area contributed by atoms with Gasteiger partial charge >= 0.3 is 11.9 Å². The van der Waals surface area contributed by atoms with E-state index in [2.05, 4.69) is 50.3 Å². The number of unbranched alkanes of at least 4 members (excludes halogenated alkanes) is 15. The van der Waals surface area contributed by atoms with Gasteiger partial charge < -0.3 is 28.6 Å². The van der Waals surface area contributed by atoms with Gasteiger partial charge in [0.1, 0.15) is 12.6 Å². The number of quaternary nitrogens is 1. The van der Waals surface area contributed by atoms with Crippen LogP contribution in [-0.2, 0) is 28.6 Å². The van der Waals surface area contributed by atoms with E-state index in [4.69, 9.17) is 14.2 Å². The first kappa shape index (κ1) is 47.5. The van der Waals surface area contributed by atoms with Gasteiger partial charge in [0.25, 0.3) is 0 Å². The van der Waals surface area contributed by atoms with E-state index >= 15 is 0 Å². The molecule has 0 saturated heterocycles. The number of hydrogen-bond donors (Lipinski definition) is 0. The third kappa shape index (κ3) is 31.5. The average Bonchev–Trinajstić information content (AvgIpc) is 3.06. The molecular weight excluding hydrogens is 630 g/mol. The molecule has 8 nitrogen and oxygen atoms in total. The number of carbonyl (C=O) groups excluding carboxylic acids is 3. The van der Waals surface area contributed by atoms with Crippen molar-refractivity contribution >= 4 is 17.9 Å². The molecule has 0 saturated carbocycles. The number of nitrogens with zero attached hydrogens (tertiary/aromatic N) is 1. The van der Waals surface area contributed by atoms with E-state index in [0.29, 0.717) is 12.8 Å². The first-order valence-electron chi connectivity index (χ1n) is 20.0. The van der Waals surface area contributed by atoms with Crippen LogP contribution in [0.1, 0.15) is 162 Å². The van der Waals surface area contributed by atoms with Crippen LogP contribution >= 0.6 is 0 Å². The van der Waals surface area contributed by atoms with Gasteiger partial charge in [0, 0.05) is 19.3 Å². The lowest BCUT2D eigenvalue weighted by molar-refractivity contribution is -0.889. The number of aliphatic carboxylic acids is 1. The maximum Gasteiger partial charge on any atom is 0.306 e. The summed E-state index contributed by atoms with van der Waals surface area (Å²) in [7, 11) is 5.39. The lowest BCUT2D eigenvalue weighted by Crippen LogP contribution is -2.55. The van der Waals surface area contributed by atoms with Crippen molar-refractivity contribution in [3.8, 4) is 0 Å². The summed E-state index contributed by atoms with van der Waals surface area (Å²) < 4.78 is 17.0. The van der Waals surface area contributed by atoms with Crippen LogP contribution in [0, 0.1) is 0 Å². The molecule has 0 aromatic rings. The molecule has 0 radical (unpaired) electrons. The molecule has 2 atom stereocenters. The van der Waals surface area contributed by atoms with Crippen molar-refractivity contribution in [3.05, 3.63) is 36.5 Å². The van der Waals surface area contributed by atoms with Gasteiger partial charge in [-0.25, -0.2) is 0 Å². The number of ether oxygens (including phenoxy) is 3. The van der Waals surface area contributed by atoms with Gasteiger partial charge in [0.15, 0.2) is 6.10 Å². The molecule has 2 unspecified atom stereocenters. The summed E-state index contributed by atoms with van der Waals surface area (Å²) in [6, 6.07) is -0.723. The summed E-state index contributed by atoms with van der Waals surface area (Å²) in [5.41, 5.74) is 0. The Labute approximate surface area is 306 Å². The number of hydrogen-bond acceptors (Lipinski definition) is 7. The minimum atomic E-state index is -1.13. The third-order valence-electron chi connectivity index (χ3n) is 8.79. The second-order valence-corrected chi connectivity index (χ2v) is 14.5. The molecule has 0 aromatic heterocycles. The minimum absolute atomic E-state index is 0.0399.